The Morgan fingerprint density at radius 2 is 2.19 bits per heavy atom. The van der Waals surface area contributed by atoms with Crippen LogP contribution in [0.4, 0.5) is 14.5 Å². The Labute approximate surface area is 116 Å². The molecular weight excluding hydrogens is 288 g/mol. The monoisotopic (exact) mass is 297 g/mol. The van der Waals surface area contributed by atoms with E-state index in [4.69, 9.17) is 0 Å². The molecule has 2 rings (SSSR count). The third kappa shape index (κ3) is 3.35. The molecule has 10 heteroatoms. The molecule has 21 heavy (non-hydrogen) atoms. The summed E-state index contributed by atoms with van der Waals surface area (Å²) in [4.78, 5) is 21.2. The van der Waals surface area contributed by atoms with Gasteiger partial charge in [-0.3, -0.25) is 19.6 Å². The Kier molecular flexibility index (Phi) is 4.16. The summed E-state index contributed by atoms with van der Waals surface area (Å²) in [6.07, 6.45) is 3.00. The normalized spacial score (nSPS) is 10.4. The van der Waals surface area contributed by atoms with Crippen molar-refractivity contribution in [3.8, 4) is 0 Å². The molecule has 0 aliphatic heterocycles. The third-order valence-corrected chi connectivity index (χ3v) is 2.56. The van der Waals surface area contributed by atoms with Crippen molar-refractivity contribution in [2.45, 2.75) is 6.54 Å². The molecule has 0 unspecified atom stereocenters. The number of rotatable bonds is 5. The van der Waals surface area contributed by atoms with Gasteiger partial charge in [0.2, 0.25) is 5.82 Å². The van der Waals surface area contributed by atoms with E-state index in [0.717, 1.165) is 0 Å². The van der Waals surface area contributed by atoms with E-state index in [0.29, 0.717) is 12.1 Å². The lowest BCUT2D eigenvalue weighted by Gasteiger charge is -2.06. The highest BCUT2D eigenvalue weighted by atomic mass is 19.1. The van der Waals surface area contributed by atoms with Crippen molar-refractivity contribution in [3.05, 3.63) is 51.8 Å². The molecule has 1 aromatic carbocycles. The Hall–Kier alpha value is -2.91. The van der Waals surface area contributed by atoms with Crippen LogP contribution < -0.4 is 5.32 Å². The summed E-state index contributed by atoms with van der Waals surface area (Å²) in [6, 6.07) is 1.02. The van der Waals surface area contributed by atoms with Crippen LogP contribution in [-0.2, 0) is 6.54 Å². The predicted molar refractivity (Wildman–Crippen MR) is 65.4 cm³/mol. The molecule has 110 valence electrons. The van der Waals surface area contributed by atoms with Crippen LogP contribution in [0.5, 0.6) is 0 Å². The summed E-state index contributed by atoms with van der Waals surface area (Å²) in [5.41, 5.74) is -1.81. The Morgan fingerprint density at radius 3 is 2.81 bits per heavy atom. The van der Waals surface area contributed by atoms with Gasteiger partial charge in [0.15, 0.2) is 0 Å². The first-order chi connectivity index (χ1) is 9.99. The van der Waals surface area contributed by atoms with E-state index >= 15 is 0 Å². The number of nitrogens with one attached hydrogen (secondary N) is 1. The molecule has 0 saturated heterocycles. The van der Waals surface area contributed by atoms with Gasteiger partial charge in [-0.15, -0.1) is 5.10 Å². The maximum absolute atomic E-state index is 13.8. The molecule has 1 aromatic heterocycles. The fourth-order valence-corrected chi connectivity index (χ4v) is 1.60. The van der Waals surface area contributed by atoms with Crippen LogP contribution in [0.1, 0.15) is 10.4 Å². The number of benzene rings is 1. The van der Waals surface area contributed by atoms with Gasteiger partial charge in [-0.05, 0) is 6.07 Å². The first-order valence-corrected chi connectivity index (χ1v) is 5.75. The van der Waals surface area contributed by atoms with E-state index < -0.39 is 33.7 Å². The van der Waals surface area contributed by atoms with Crippen molar-refractivity contribution < 1.29 is 18.5 Å². The minimum Gasteiger partial charge on any atom is -0.350 e. The zero-order valence-electron chi connectivity index (χ0n) is 10.5. The summed E-state index contributed by atoms with van der Waals surface area (Å²) in [7, 11) is 0. The van der Waals surface area contributed by atoms with Crippen molar-refractivity contribution in [2.75, 3.05) is 6.54 Å². The maximum atomic E-state index is 13.8. The summed E-state index contributed by atoms with van der Waals surface area (Å²) >= 11 is 0. The van der Waals surface area contributed by atoms with Crippen LogP contribution in [-0.4, -0.2) is 32.4 Å². The summed E-state index contributed by atoms with van der Waals surface area (Å²) in [5.74, 6) is -3.39. The lowest BCUT2D eigenvalue weighted by molar-refractivity contribution is -0.387. The molecule has 0 spiro atoms. The Bertz CT molecular complexity index is 675. The molecular formula is C11H9F2N5O3. The smallest absolute Gasteiger partial charge is 0.308 e. The molecule has 0 aliphatic carbocycles. The minimum absolute atomic E-state index is 0.0753. The summed E-state index contributed by atoms with van der Waals surface area (Å²) < 4.78 is 28.4. The number of carbonyl (C=O) groups excluding carboxylic acids is 1. The topological polar surface area (TPSA) is 103 Å². The van der Waals surface area contributed by atoms with Gasteiger partial charge in [0.05, 0.1) is 29.3 Å². The lowest BCUT2D eigenvalue weighted by atomic mass is 10.1. The minimum atomic E-state index is -1.38. The number of carbonyl (C=O) groups is 1. The average molecular weight is 297 g/mol. The molecule has 0 atom stereocenters. The van der Waals surface area contributed by atoms with Crippen LogP contribution >= 0.6 is 0 Å². The van der Waals surface area contributed by atoms with Gasteiger partial charge < -0.3 is 5.32 Å². The van der Waals surface area contributed by atoms with Gasteiger partial charge in [-0.25, -0.2) is 4.39 Å². The highest BCUT2D eigenvalue weighted by Crippen LogP contribution is 2.22. The number of nitrogens with zero attached hydrogens (tertiary/aromatic N) is 4. The first kappa shape index (κ1) is 14.5. The van der Waals surface area contributed by atoms with Crippen LogP contribution in [0.3, 0.4) is 0 Å². The second-order valence-corrected chi connectivity index (χ2v) is 3.97. The molecule has 0 radical (unpaired) electrons. The Morgan fingerprint density at radius 1 is 1.43 bits per heavy atom. The van der Waals surface area contributed by atoms with Gasteiger partial charge in [-0.2, -0.15) is 4.39 Å². The summed E-state index contributed by atoms with van der Waals surface area (Å²) in [6.45, 7) is 0.344. The second-order valence-electron chi connectivity index (χ2n) is 3.97. The van der Waals surface area contributed by atoms with E-state index in [-0.39, 0.29) is 13.1 Å². The van der Waals surface area contributed by atoms with Gasteiger partial charge in [0.1, 0.15) is 5.82 Å². The largest absolute Gasteiger partial charge is 0.350 e. The second kappa shape index (κ2) is 6.03. The van der Waals surface area contributed by atoms with E-state index in [1.165, 1.54) is 10.9 Å². The third-order valence-electron chi connectivity index (χ3n) is 2.56. The van der Waals surface area contributed by atoms with Gasteiger partial charge in [-0.1, -0.05) is 5.21 Å². The van der Waals surface area contributed by atoms with E-state index in [9.17, 15) is 23.7 Å². The van der Waals surface area contributed by atoms with Crippen molar-refractivity contribution >= 4 is 11.6 Å². The fourth-order valence-electron chi connectivity index (χ4n) is 1.60. The van der Waals surface area contributed by atoms with Crippen molar-refractivity contribution in [3.63, 3.8) is 0 Å². The maximum Gasteiger partial charge on any atom is 0.308 e. The Balaban J connectivity index is 2.10. The number of nitro benzene ring substituents is 1. The number of amides is 1. The predicted octanol–water partition coefficient (Wildman–Crippen LogP) is 0.894. The van der Waals surface area contributed by atoms with Crippen LogP contribution in [0.2, 0.25) is 0 Å². The number of hydrogen-bond acceptors (Lipinski definition) is 5. The molecule has 0 bridgehead atoms. The molecule has 0 fully saturated rings. The molecule has 2 aromatic rings. The number of hydrogen-bond donors (Lipinski definition) is 1. The molecule has 1 N–H and O–H groups in total. The van der Waals surface area contributed by atoms with Gasteiger partial charge in [0, 0.05) is 12.7 Å². The molecule has 1 amide bonds. The SMILES string of the molecule is O=C(NCCn1ccnn1)c1cc(F)cc([N+](=O)[O-])c1F. The molecule has 0 saturated carbocycles. The van der Waals surface area contributed by atoms with Crippen molar-refractivity contribution in [1.82, 2.24) is 20.3 Å². The van der Waals surface area contributed by atoms with E-state index in [2.05, 4.69) is 15.6 Å². The highest BCUT2D eigenvalue weighted by Gasteiger charge is 2.23. The standard InChI is InChI=1S/C11H9F2N5O3/c12-7-5-8(10(13)9(6-7)18(20)21)11(19)14-1-3-17-4-2-15-16-17/h2,4-6H,1,3H2,(H,14,19). The van der Waals surface area contributed by atoms with E-state index in [1.807, 2.05) is 0 Å². The molecule has 0 aliphatic rings. The van der Waals surface area contributed by atoms with E-state index in [1.54, 1.807) is 6.20 Å². The van der Waals surface area contributed by atoms with Crippen molar-refractivity contribution in [2.24, 2.45) is 0 Å². The summed E-state index contributed by atoms with van der Waals surface area (Å²) in [5, 5.41) is 20.1. The fraction of sp³-hybridized carbons (Fsp3) is 0.182. The van der Waals surface area contributed by atoms with Crippen LogP contribution in [0.15, 0.2) is 24.5 Å². The van der Waals surface area contributed by atoms with Gasteiger partial charge >= 0.3 is 5.69 Å². The molecule has 8 nitrogen and oxygen atoms in total. The zero-order valence-corrected chi connectivity index (χ0v) is 10.5. The number of aromatic nitrogens is 3. The van der Waals surface area contributed by atoms with Crippen LogP contribution in [0, 0.1) is 21.7 Å². The zero-order chi connectivity index (χ0) is 15.4. The quantitative estimate of drug-likeness (QED) is 0.652. The van der Waals surface area contributed by atoms with Crippen molar-refractivity contribution in [1.29, 1.82) is 0 Å². The number of nitro groups is 1. The lowest BCUT2D eigenvalue weighted by Crippen LogP contribution is -2.28. The first-order valence-electron chi connectivity index (χ1n) is 5.75. The number of halogens is 2. The highest BCUT2D eigenvalue weighted by molar-refractivity contribution is 5.95. The van der Waals surface area contributed by atoms with Crippen LogP contribution in [0.25, 0.3) is 0 Å². The molecule has 1 heterocycles. The average Bonchev–Trinajstić information content (AvgIpc) is 2.93. The van der Waals surface area contributed by atoms with Gasteiger partial charge in [0.25, 0.3) is 5.91 Å².